The van der Waals surface area contributed by atoms with Crippen LogP contribution in [0.1, 0.15) is 20.8 Å². The number of esters is 1. The topological polar surface area (TPSA) is 93.2 Å². The zero-order chi connectivity index (χ0) is 17.7. The van der Waals surface area contributed by atoms with Crippen molar-refractivity contribution in [2.75, 3.05) is 25.7 Å². The molecule has 1 amide bonds. The Balaban J connectivity index is 2.51. The lowest BCUT2D eigenvalue weighted by molar-refractivity contribution is 0.0596. The Kier molecular flexibility index (Phi) is 5.99. The van der Waals surface area contributed by atoms with Gasteiger partial charge in [0.05, 0.1) is 24.0 Å². The van der Waals surface area contributed by atoms with Crippen LogP contribution < -0.4 is 10.6 Å². The second kappa shape index (κ2) is 7.98. The molecule has 1 heterocycles. The maximum Gasteiger partial charge on any atom is 0.339 e. The lowest BCUT2D eigenvalue weighted by Crippen LogP contribution is -2.21. The van der Waals surface area contributed by atoms with E-state index in [-0.39, 0.29) is 10.8 Å². The van der Waals surface area contributed by atoms with E-state index >= 15 is 0 Å². The number of nitrogens with one attached hydrogen (secondary N) is 2. The van der Waals surface area contributed by atoms with Crippen LogP contribution in [-0.4, -0.2) is 42.5 Å². The van der Waals surface area contributed by atoms with E-state index in [0.717, 1.165) is 0 Å². The number of halogens is 1. The van der Waals surface area contributed by atoms with Gasteiger partial charge in [-0.15, -0.1) is 22.0 Å². The van der Waals surface area contributed by atoms with Gasteiger partial charge in [0, 0.05) is 18.0 Å². The summed E-state index contributed by atoms with van der Waals surface area (Å²) in [6.45, 7) is 0. The number of thioether (sulfide) groups is 1. The average Bonchev–Trinajstić information content (AvgIpc) is 2.60. The lowest BCUT2D eigenvalue weighted by Gasteiger charge is -2.15. The maximum absolute atomic E-state index is 11.9. The molecule has 2 rings (SSSR count). The van der Waals surface area contributed by atoms with E-state index in [4.69, 9.17) is 16.3 Å². The molecular weight excluding hydrogens is 352 g/mol. The minimum Gasteiger partial charge on any atom is -0.465 e. The van der Waals surface area contributed by atoms with Crippen LogP contribution in [0, 0.1) is 0 Å². The Hall–Kier alpha value is -2.32. The van der Waals surface area contributed by atoms with Gasteiger partial charge in [-0.1, -0.05) is 17.7 Å². The molecule has 0 unspecified atom stereocenters. The number of carbonyl (C=O) groups is 2. The van der Waals surface area contributed by atoms with Crippen molar-refractivity contribution in [3.8, 4) is 0 Å². The first-order chi connectivity index (χ1) is 11.5. The van der Waals surface area contributed by atoms with Crippen LogP contribution in [-0.2, 0) is 4.74 Å². The first kappa shape index (κ1) is 18.0. The van der Waals surface area contributed by atoms with E-state index < -0.39 is 11.9 Å². The van der Waals surface area contributed by atoms with Gasteiger partial charge in [-0.3, -0.25) is 4.79 Å². The van der Waals surface area contributed by atoms with Gasteiger partial charge in [-0.2, -0.15) is 0 Å². The van der Waals surface area contributed by atoms with Gasteiger partial charge >= 0.3 is 5.97 Å². The van der Waals surface area contributed by atoms with E-state index in [9.17, 15) is 9.59 Å². The molecule has 0 radical (unpaired) electrons. The summed E-state index contributed by atoms with van der Waals surface area (Å²) in [4.78, 5) is 24.5. The number of methoxy groups -OCH3 is 1. The summed E-state index contributed by atoms with van der Waals surface area (Å²) in [5, 5.41) is 13.2. The Morgan fingerprint density at radius 2 is 2.00 bits per heavy atom. The molecule has 0 aliphatic heterocycles. The standard InChI is InChI=1S/C15H15ClN4O3S/c1-17-14(21)12-10(7-11(16)19-20-12)18-9-6-4-5-8(13(9)24-3)15(22)23-2/h4-7H,1-3H3,(H,17,21)(H,18,19). The quantitative estimate of drug-likeness (QED) is 0.620. The van der Waals surface area contributed by atoms with Crippen LogP contribution in [0.5, 0.6) is 0 Å². The molecule has 126 valence electrons. The number of hydrogen-bond acceptors (Lipinski definition) is 7. The number of anilines is 2. The molecule has 24 heavy (non-hydrogen) atoms. The fourth-order valence-electron chi connectivity index (χ4n) is 2.02. The van der Waals surface area contributed by atoms with Crippen molar-refractivity contribution in [2.24, 2.45) is 0 Å². The van der Waals surface area contributed by atoms with Crippen molar-refractivity contribution in [1.82, 2.24) is 15.5 Å². The number of benzene rings is 1. The summed E-state index contributed by atoms with van der Waals surface area (Å²) in [7, 11) is 2.82. The average molecular weight is 367 g/mol. The Labute approximate surface area is 148 Å². The summed E-state index contributed by atoms with van der Waals surface area (Å²) >= 11 is 7.26. The number of aromatic nitrogens is 2. The Morgan fingerprint density at radius 1 is 1.25 bits per heavy atom. The molecule has 7 nitrogen and oxygen atoms in total. The number of rotatable bonds is 5. The summed E-state index contributed by atoms with van der Waals surface area (Å²) in [6.07, 6.45) is 1.84. The number of nitrogens with zero attached hydrogens (tertiary/aromatic N) is 2. The fraction of sp³-hybridized carbons (Fsp3) is 0.200. The van der Waals surface area contributed by atoms with Crippen molar-refractivity contribution in [3.63, 3.8) is 0 Å². The van der Waals surface area contributed by atoms with Crippen LogP contribution >= 0.6 is 23.4 Å². The number of amides is 1. The molecule has 0 fully saturated rings. The van der Waals surface area contributed by atoms with E-state index in [0.29, 0.717) is 21.8 Å². The molecule has 0 bridgehead atoms. The highest BCUT2D eigenvalue weighted by Crippen LogP contribution is 2.33. The summed E-state index contributed by atoms with van der Waals surface area (Å²) in [5.41, 5.74) is 1.52. The van der Waals surface area contributed by atoms with E-state index in [1.165, 1.54) is 32.0 Å². The molecule has 2 N–H and O–H groups in total. The molecule has 1 aromatic heterocycles. The van der Waals surface area contributed by atoms with Gasteiger partial charge < -0.3 is 15.4 Å². The van der Waals surface area contributed by atoms with Crippen LogP contribution in [0.25, 0.3) is 0 Å². The summed E-state index contributed by atoms with van der Waals surface area (Å²) < 4.78 is 4.79. The van der Waals surface area contributed by atoms with Gasteiger partial charge in [0.15, 0.2) is 10.8 Å². The number of carbonyl (C=O) groups excluding carboxylic acids is 2. The van der Waals surface area contributed by atoms with Crippen molar-refractivity contribution in [3.05, 3.63) is 40.7 Å². The summed E-state index contributed by atoms with van der Waals surface area (Å²) in [6, 6.07) is 6.65. The van der Waals surface area contributed by atoms with Crippen molar-refractivity contribution < 1.29 is 14.3 Å². The minimum atomic E-state index is -0.444. The minimum absolute atomic E-state index is 0.0948. The molecule has 0 atom stereocenters. The Morgan fingerprint density at radius 3 is 2.62 bits per heavy atom. The Bertz CT molecular complexity index is 785. The van der Waals surface area contributed by atoms with E-state index in [2.05, 4.69) is 20.8 Å². The van der Waals surface area contributed by atoms with Gasteiger partial charge in [0.25, 0.3) is 5.91 Å². The molecule has 2 aromatic rings. The third-order valence-electron chi connectivity index (χ3n) is 3.10. The molecular formula is C15H15ClN4O3S. The second-order valence-corrected chi connectivity index (χ2v) is 5.72. The molecule has 0 aliphatic rings. The molecule has 1 aromatic carbocycles. The third-order valence-corrected chi connectivity index (χ3v) is 4.13. The van der Waals surface area contributed by atoms with Crippen molar-refractivity contribution >= 4 is 46.6 Å². The van der Waals surface area contributed by atoms with Gasteiger partial charge in [-0.25, -0.2) is 4.79 Å². The SMILES string of the molecule is CNC(=O)c1nnc(Cl)cc1Nc1cccc(C(=O)OC)c1SC. The largest absolute Gasteiger partial charge is 0.465 e. The van der Waals surface area contributed by atoms with Crippen LogP contribution in [0.2, 0.25) is 5.15 Å². The third kappa shape index (κ3) is 3.77. The van der Waals surface area contributed by atoms with Gasteiger partial charge in [-0.05, 0) is 18.4 Å². The molecule has 0 aliphatic carbocycles. The van der Waals surface area contributed by atoms with E-state index in [1.807, 2.05) is 6.26 Å². The zero-order valence-electron chi connectivity index (χ0n) is 13.2. The predicted molar refractivity (Wildman–Crippen MR) is 93.3 cm³/mol. The van der Waals surface area contributed by atoms with Gasteiger partial charge in [0.1, 0.15) is 0 Å². The maximum atomic E-state index is 11.9. The molecule has 0 spiro atoms. The molecule has 0 saturated carbocycles. The van der Waals surface area contributed by atoms with Gasteiger partial charge in [0.2, 0.25) is 0 Å². The highest BCUT2D eigenvalue weighted by molar-refractivity contribution is 7.98. The van der Waals surface area contributed by atoms with Crippen LogP contribution in [0.4, 0.5) is 11.4 Å². The van der Waals surface area contributed by atoms with Crippen molar-refractivity contribution in [2.45, 2.75) is 4.90 Å². The van der Waals surface area contributed by atoms with E-state index in [1.54, 1.807) is 18.2 Å². The highest BCUT2D eigenvalue weighted by atomic mass is 35.5. The number of hydrogen-bond donors (Lipinski definition) is 2. The first-order valence-corrected chi connectivity index (χ1v) is 8.39. The lowest BCUT2D eigenvalue weighted by atomic mass is 10.2. The molecule has 0 saturated heterocycles. The first-order valence-electron chi connectivity index (χ1n) is 6.79. The predicted octanol–water partition coefficient (Wildman–Crippen LogP) is 2.74. The summed E-state index contributed by atoms with van der Waals surface area (Å²) in [5.74, 6) is -0.850. The monoisotopic (exact) mass is 366 g/mol. The molecule has 9 heteroatoms. The smallest absolute Gasteiger partial charge is 0.339 e. The number of ether oxygens (including phenoxy) is 1. The highest BCUT2D eigenvalue weighted by Gasteiger charge is 2.18. The van der Waals surface area contributed by atoms with Crippen LogP contribution in [0.3, 0.4) is 0 Å². The second-order valence-electron chi connectivity index (χ2n) is 4.51. The fourth-order valence-corrected chi connectivity index (χ4v) is 2.88. The van der Waals surface area contributed by atoms with Crippen LogP contribution in [0.15, 0.2) is 29.2 Å². The normalized spacial score (nSPS) is 10.2. The zero-order valence-corrected chi connectivity index (χ0v) is 14.8. The van der Waals surface area contributed by atoms with Crippen molar-refractivity contribution in [1.29, 1.82) is 0 Å².